The van der Waals surface area contributed by atoms with Gasteiger partial charge in [0.2, 0.25) is 10.9 Å². The number of aromatic nitrogens is 2. The van der Waals surface area contributed by atoms with Gasteiger partial charge < -0.3 is 20.4 Å². The summed E-state index contributed by atoms with van der Waals surface area (Å²) < 4.78 is 0. The first-order valence-corrected chi connectivity index (χ1v) is 12.4. The van der Waals surface area contributed by atoms with Gasteiger partial charge in [-0.25, -0.2) is 0 Å². The molecule has 10 heteroatoms. The minimum absolute atomic E-state index is 0.0326. The number of hydrogen-bond acceptors (Lipinski definition) is 8. The Morgan fingerprint density at radius 2 is 1.87 bits per heavy atom. The minimum Gasteiger partial charge on any atom is -0.355 e. The molecule has 3 rings (SSSR count). The third-order valence-electron chi connectivity index (χ3n) is 5.00. The van der Waals surface area contributed by atoms with E-state index in [1.165, 1.54) is 23.1 Å². The van der Waals surface area contributed by atoms with E-state index in [-0.39, 0.29) is 11.8 Å². The zero-order valence-corrected chi connectivity index (χ0v) is 19.7. The van der Waals surface area contributed by atoms with E-state index in [1.807, 2.05) is 31.2 Å². The maximum atomic E-state index is 12.3. The molecule has 0 radical (unpaired) electrons. The Morgan fingerprint density at radius 1 is 1.13 bits per heavy atom. The fraction of sp³-hybridized carbons (Fsp3) is 0.524. The van der Waals surface area contributed by atoms with Crippen molar-refractivity contribution in [3.63, 3.8) is 0 Å². The molecule has 2 heterocycles. The predicted octanol–water partition coefficient (Wildman–Crippen LogP) is 2.09. The average Bonchev–Trinajstić information content (AvgIpc) is 3.23. The molecule has 1 aliphatic rings. The molecule has 0 bridgehead atoms. The van der Waals surface area contributed by atoms with Crippen LogP contribution in [0.15, 0.2) is 24.3 Å². The molecule has 0 spiro atoms. The summed E-state index contributed by atoms with van der Waals surface area (Å²) in [4.78, 5) is 29.1. The molecule has 168 valence electrons. The van der Waals surface area contributed by atoms with Crippen molar-refractivity contribution < 1.29 is 9.59 Å². The molecule has 2 amide bonds. The van der Waals surface area contributed by atoms with Crippen LogP contribution in [0.4, 0.5) is 5.69 Å². The number of carbonyl (C=O) groups is 2. The SMILES string of the molecule is Cc1ccc(NC(=O)c2nnc(CSCC(=O)NCCCN3CCN(C)CC3)s2)cc1. The second-order valence-electron chi connectivity index (χ2n) is 7.66. The number of nitrogens with one attached hydrogen (secondary N) is 2. The van der Waals surface area contributed by atoms with E-state index in [4.69, 9.17) is 0 Å². The summed E-state index contributed by atoms with van der Waals surface area (Å²) in [6, 6.07) is 7.59. The topological polar surface area (TPSA) is 90.5 Å². The molecule has 8 nitrogen and oxygen atoms in total. The van der Waals surface area contributed by atoms with Crippen molar-refractivity contribution in [2.45, 2.75) is 19.1 Å². The summed E-state index contributed by atoms with van der Waals surface area (Å²) in [6.45, 7) is 8.16. The highest BCUT2D eigenvalue weighted by Gasteiger charge is 2.14. The third-order valence-corrected chi connectivity index (χ3v) is 7.05. The summed E-state index contributed by atoms with van der Waals surface area (Å²) in [5.74, 6) is 0.698. The van der Waals surface area contributed by atoms with E-state index in [0.717, 1.165) is 55.4 Å². The van der Waals surface area contributed by atoms with Crippen LogP contribution in [0.3, 0.4) is 0 Å². The first-order chi connectivity index (χ1) is 15.0. The van der Waals surface area contributed by atoms with Crippen LogP contribution in [0.2, 0.25) is 0 Å². The Kier molecular flexibility index (Phi) is 9.26. The van der Waals surface area contributed by atoms with E-state index in [2.05, 4.69) is 37.7 Å². The second kappa shape index (κ2) is 12.1. The standard InChI is InChI=1S/C21H30N6O2S2/c1-16-4-6-17(7-5-16)23-20(29)21-25-24-19(31-21)15-30-14-18(28)22-8-3-9-27-12-10-26(2)11-13-27/h4-7H,3,8-15H2,1-2H3,(H,22,28)(H,23,29). The normalized spacial score (nSPS) is 15.0. The van der Waals surface area contributed by atoms with E-state index < -0.39 is 0 Å². The maximum Gasteiger partial charge on any atom is 0.286 e. The molecule has 0 unspecified atom stereocenters. The predicted molar refractivity (Wildman–Crippen MR) is 127 cm³/mol. The van der Waals surface area contributed by atoms with Crippen LogP contribution in [0.5, 0.6) is 0 Å². The summed E-state index contributed by atoms with van der Waals surface area (Å²) in [7, 11) is 2.15. The van der Waals surface area contributed by atoms with Gasteiger partial charge in [0.05, 0.1) is 5.75 Å². The molecule has 31 heavy (non-hydrogen) atoms. The van der Waals surface area contributed by atoms with Crippen molar-refractivity contribution in [2.24, 2.45) is 0 Å². The van der Waals surface area contributed by atoms with Crippen molar-refractivity contribution in [3.05, 3.63) is 39.8 Å². The Morgan fingerprint density at radius 3 is 2.61 bits per heavy atom. The molecule has 0 saturated carbocycles. The van der Waals surface area contributed by atoms with Crippen molar-refractivity contribution in [2.75, 3.05) is 57.4 Å². The minimum atomic E-state index is -0.268. The van der Waals surface area contributed by atoms with E-state index in [0.29, 0.717) is 23.1 Å². The molecule has 1 aliphatic heterocycles. The first kappa shape index (κ1) is 23.6. The lowest BCUT2D eigenvalue weighted by molar-refractivity contribution is -0.118. The summed E-state index contributed by atoms with van der Waals surface area (Å²) in [5, 5.41) is 14.9. The van der Waals surface area contributed by atoms with Gasteiger partial charge in [0.1, 0.15) is 5.01 Å². The number of likely N-dealkylation sites (N-methyl/N-ethyl adjacent to an activating group) is 1. The number of amides is 2. The zero-order valence-electron chi connectivity index (χ0n) is 18.1. The Hall–Kier alpha value is -2.01. The molecule has 1 saturated heterocycles. The van der Waals surface area contributed by atoms with Gasteiger partial charge in [-0.2, -0.15) is 0 Å². The number of carbonyl (C=O) groups excluding carboxylic acids is 2. The monoisotopic (exact) mass is 462 g/mol. The third kappa shape index (κ3) is 8.21. The van der Waals surface area contributed by atoms with Crippen LogP contribution >= 0.6 is 23.1 Å². The van der Waals surface area contributed by atoms with Gasteiger partial charge in [0.15, 0.2) is 0 Å². The summed E-state index contributed by atoms with van der Waals surface area (Å²) in [6.07, 6.45) is 0.968. The zero-order chi connectivity index (χ0) is 22.1. The highest BCUT2D eigenvalue weighted by atomic mass is 32.2. The van der Waals surface area contributed by atoms with Gasteiger partial charge >= 0.3 is 0 Å². The van der Waals surface area contributed by atoms with E-state index in [9.17, 15) is 9.59 Å². The van der Waals surface area contributed by atoms with Crippen LogP contribution < -0.4 is 10.6 Å². The van der Waals surface area contributed by atoms with Gasteiger partial charge in [0, 0.05) is 44.2 Å². The molecular weight excluding hydrogens is 432 g/mol. The number of anilines is 1. The number of rotatable bonds is 10. The quantitative estimate of drug-likeness (QED) is 0.523. The first-order valence-electron chi connectivity index (χ1n) is 10.5. The lowest BCUT2D eigenvalue weighted by atomic mass is 10.2. The average molecular weight is 463 g/mol. The maximum absolute atomic E-state index is 12.3. The molecule has 1 aromatic heterocycles. The fourth-order valence-corrected chi connectivity index (χ4v) is 4.75. The van der Waals surface area contributed by atoms with Gasteiger partial charge in [-0.15, -0.1) is 22.0 Å². The van der Waals surface area contributed by atoms with Gasteiger partial charge in [-0.3, -0.25) is 9.59 Å². The number of hydrogen-bond donors (Lipinski definition) is 2. The molecule has 0 aliphatic carbocycles. The van der Waals surface area contributed by atoms with E-state index >= 15 is 0 Å². The Labute approximate surface area is 191 Å². The van der Waals surface area contributed by atoms with Crippen LogP contribution in [-0.2, 0) is 10.5 Å². The number of thioether (sulfide) groups is 1. The molecule has 1 aromatic carbocycles. The van der Waals surface area contributed by atoms with Gasteiger partial charge in [-0.05, 0) is 39.1 Å². The van der Waals surface area contributed by atoms with Crippen molar-refractivity contribution in [1.29, 1.82) is 0 Å². The summed E-state index contributed by atoms with van der Waals surface area (Å²) in [5.41, 5.74) is 1.86. The summed E-state index contributed by atoms with van der Waals surface area (Å²) >= 11 is 2.74. The van der Waals surface area contributed by atoms with Gasteiger partial charge in [-0.1, -0.05) is 29.0 Å². The van der Waals surface area contributed by atoms with Crippen LogP contribution in [-0.4, -0.2) is 83.9 Å². The highest BCUT2D eigenvalue weighted by Crippen LogP contribution is 2.18. The number of piperazine rings is 1. The van der Waals surface area contributed by atoms with Crippen molar-refractivity contribution in [1.82, 2.24) is 25.3 Å². The Bertz CT molecular complexity index is 850. The van der Waals surface area contributed by atoms with E-state index in [1.54, 1.807) is 0 Å². The fourth-order valence-electron chi connectivity index (χ4n) is 3.11. The van der Waals surface area contributed by atoms with Gasteiger partial charge in [0.25, 0.3) is 5.91 Å². The highest BCUT2D eigenvalue weighted by molar-refractivity contribution is 7.99. The van der Waals surface area contributed by atoms with Crippen LogP contribution in [0, 0.1) is 6.92 Å². The molecule has 1 fully saturated rings. The Balaban J connectivity index is 1.29. The van der Waals surface area contributed by atoms with Crippen LogP contribution in [0.1, 0.15) is 26.8 Å². The molecule has 2 N–H and O–H groups in total. The number of benzene rings is 1. The second-order valence-corrected chi connectivity index (χ2v) is 9.71. The lowest BCUT2D eigenvalue weighted by Gasteiger charge is -2.32. The molecule has 2 aromatic rings. The smallest absolute Gasteiger partial charge is 0.286 e. The lowest BCUT2D eigenvalue weighted by Crippen LogP contribution is -2.45. The molecule has 0 atom stereocenters. The van der Waals surface area contributed by atoms with Crippen LogP contribution in [0.25, 0.3) is 0 Å². The van der Waals surface area contributed by atoms with Crippen molar-refractivity contribution in [3.8, 4) is 0 Å². The number of aryl methyl sites for hydroxylation is 1. The largest absolute Gasteiger partial charge is 0.355 e. The van der Waals surface area contributed by atoms with Crippen molar-refractivity contribution >= 4 is 40.6 Å². The molecular formula is C21H30N6O2S2. The number of nitrogens with zero attached hydrogens (tertiary/aromatic N) is 4.